The van der Waals surface area contributed by atoms with Gasteiger partial charge in [0, 0.05) is 0 Å². The number of nitrogens with two attached hydrogens (primary N) is 1. The zero-order valence-electron chi connectivity index (χ0n) is 10.2. The molecule has 2 aromatic rings. The summed E-state index contributed by atoms with van der Waals surface area (Å²) in [6.45, 7) is 1.64. The van der Waals surface area contributed by atoms with E-state index in [1.807, 2.05) is 0 Å². The van der Waals surface area contributed by atoms with Crippen LogP contribution in [-0.4, -0.2) is 15.8 Å². The number of nitro benzene ring substituents is 1. The Bertz CT molecular complexity index is 698. The molecule has 0 unspecified atom stereocenters. The number of rotatable bonds is 3. The molecular weight excluding hydrogens is 271 g/mol. The lowest BCUT2D eigenvalue weighted by Crippen LogP contribution is -2.15. The average Bonchev–Trinajstić information content (AvgIpc) is 2.76. The summed E-state index contributed by atoms with van der Waals surface area (Å²) >= 11 is 0. The summed E-state index contributed by atoms with van der Waals surface area (Å²) in [6, 6.07) is 1.33. The minimum Gasteiger partial charge on any atom is -0.432 e. The zero-order valence-corrected chi connectivity index (χ0v) is 10.2. The molecule has 1 amide bonds. The van der Waals surface area contributed by atoms with Gasteiger partial charge in [0.1, 0.15) is 17.8 Å². The molecule has 3 N–H and O–H groups in total. The van der Waals surface area contributed by atoms with Crippen LogP contribution in [0.5, 0.6) is 0 Å². The number of nitro groups is 1. The minimum absolute atomic E-state index is 0.112. The molecule has 0 saturated heterocycles. The second-order valence-electron chi connectivity index (χ2n) is 3.89. The van der Waals surface area contributed by atoms with Crippen LogP contribution in [0.15, 0.2) is 22.8 Å². The zero-order chi connectivity index (χ0) is 14.9. The molecule has 2 rings (SSSR count). The van der Waals surface area contributed by atoms with Crippen LogP contribution in [0.4, 0.5) is 21.8 Å². The highest BCUT2D eigenvalue weighted by molar-refractivity contribution is 6.08. The van der Waals surface area contributed by atoms with Gasteiger partial charge in [-0.2, -0.15) is 4.98 Å². The van der Waals surface area contributed by atoms with Gasteiger partial charge in [0.05, 0.1) is 22.2 Å². The lowest BCUT2D eigenvalue weighted by molar-refractivity contribution is -0.384. The SMILES string of the molecule is Cc1coc(NC(=O)c2cc(F)cc([N+](=O)[O-])c2N)n1. The lowest BCUT2D eigenvalue weighted by Gasteiger charge is -2.05. The normalized spacial score (nSPS) is 10.3. The molecule has 20 heavy (non-hydrogen) atoms. The second-order valence-corrected chi connectivity index (χ2v) is 3.89. The second kappa shape index (κ2) is 4.96. The number of nitrogens with one attached hydrogen (secondary N) is 1. The van der Waals surface area contributed by atoms with Gasteiger partial charge < -0.3 is 10.2 Å². The highest BCUT2D eigenvalue weighted by Crippen LogP contribution is 2.27. The monoisotopic (exact) mass is 280 g/mol. The van der Waals surface area contributed by atoms with Gasteiger partial charge in [-0.1, -0.05) is 0 Å². The molecule has 8 nitrogen and oxygen atoms in total. The maximum Gasteiger partial charge on any atom is 0.301 e. The Balaban J connectivity index is 2.37. The van der Waals surface area contributed by atoms with E-state index < -0.39 is 28.0 Å². The van der Waals surface area contributed by atoms with Gasteiger partial charge in [-0.15, -0.1) is 0 Å². The first-order valence-corrected chi connectivity index (χ1v) is 5.35. The smallest absolute Gasteiger partial charge is 0.301 e. The summed E-state index contributed by atoms with van der Waals surface area (Å²) in [6.07, 6.45) is 1.30. The number of carbonyl (C=O) groups excluding carboxylic acids is 1. The summed E-state index contributed by atoms with van der Waals surface area (Å²) in [4.78, 5) is 25.5. The fraction of sp³-hybridized carbons (Fsp3) is 0.0909. The predicted molar refractivity (Wildman–Crippen MR) is 66.7 cm³/mol. The van der Waals surface area contributed by atoms with Crippen molar-refractivity contribution in [2.75, 3.05) is 11.1 Å². The number of amides is 1. The third-order valence-electron chi connectivity index (χ3n) is 2.40. The van der Waals surface area contributed by atoms with Crippen molar-refractivity contribution >= 4 is 23.3 Å². The topological polar surface area (TPSA) is 124 Å². The third-order valence-corrected chi connectivity index (χ3v) is 2.40. The van der Waals surface area contributed by atoms with Crippen LogP contribution in [0.1, 0.15) is 16.1 Å². The first-order chi connectivity index (χ1) is 9.38. The number of anilines is 2. The van der Waals surface area contributed by atoms with Gasteiger partial charge in [-0.05, 0) is 13.0 Å². The quantitative estimate of drug-likeness (QED) is 0.502. The number of aromatic nitrogens is 1. The lowest BCUT2D eigenvalue weighted by atomic mass is 10.1. The van der Waals surface area contributed by atoms with Gasteiger partial charge in [-0.25, -0.2) is 4.39 Å². The van der Waals surface area contributed by atoms with E-state index >= 15 is 0 Å². The molecule has 0 fully saturated rings. The summed E-state index contributed by atoms with van der Waals surface area (Å²) in [7, 11) is 0. The van der Waals surface area contributed by atoms with Crippen LogP contribution in [0.3, 0.4) is 0 Å². The van der Waals surface area contributed by atoms with Crippen molar-refractivity contribution in [2.24, 2.45) is 0 Å². The van der Waals surface area contributed by atoms with Crippen molar-refractivity contribution in [3.05, 3.63) is 45.6 Å². The Kier molecular flexibility index (Phi) is 3.34. The highest BCUT2D eigenvalue weighted by Gasteiger charge is 2.22. The van der Waals surface area contributed by atoms with Crippen molar-refractivity contribution in [2.45, 2.75) is 6.92 Å². The van der Waals surface area contributed by atoms with Crippen LogP contribution >= 0.6 is 0 Å². The van der Waals surface area contributed by atoms with E-state index in [-0.39, 0.29) is 11.6 Å². The Hall–Kier alpha value is -2.97. The Labute approximate surface area is 111 Å². The number of halogens is 1. The predicted octanol–water partition coefficient (Wildman–Crippen LogP) is 1.86. The van der Waals surface area contributed by atoms with Crippen LogP contribution < -0.4 is 11.1 Å². The van der Waals surface area contributed by atoms with E-state index in [2.05, 4.69) is 10.3 Å². The van der Waals surface area contributed by atoms with Crippen LogP contribution in [-0.2, 0) is 0 Å². The number of hydrogen-bond acceptors (Lipinski definition) is 6. The largest absolute Gasteiger partial charge is 0.432 e. The number of oxazole rings is 1. The highest BCUT2D eigenvalue weighted by atomic mass is 19.1. The number of hydrogen-bond donors (Lipinski definition) is 2. The standard InChI is InChI=1S/C11H9FN4O4/c1-5-4-20-11(14-5)15-10(17)7-2-6(12)3-8(9(7)13)16(18)19/h2-4H,13H2,1H3,(H,14,15,17). The first-order valence-electron chi connectivity index (χ1n) is 5.35. The van der Waals surface area contributed by atoms with Crippen molar-refractivity contribution in [3.63, 3.8) is 0 Å². The fourth-order valence-electron chi connectivity index (χ4n) is 1.52. The van der Waals surface area contributed by atoms with Crippen molar-refractivity contribution < 1.29 is 18.5 Å². The Morgan fingerprint density at radius 2 is 2.25 bits per heavy atom. The van der Waals surface area contributed by atoms with Gasteiger partial charge in [-0.3, -0.25) is 20.2 Å². The molecule has 0 aliphatic heterocycles. The maximum atomic E-state index is 13.3. The molecule has 0 aliphatic carbocycles. The molecule has 1 heterocycles. The molecule has 0 saturated carbocycles. The number of benzene rings is 1. The van der Waals surface area contributed by atoms with Crippen LogP contribution in [0, 0.1) is 22.9 Å². The third kappa shape index (κ3) is 2.55. The van der Waals surface area contributed by atoms with Crippen LogP contribution in [0.2, 0.25) is 0 Å². The molecule has 1 aromatic carbocycles. The Morgan fingerprint density at radius 1 is 1.55 bits per heavy atom. The fourth-order valence-corrected chi connectivity index (χ4v) is 1.52. The van der Waals surface area contributed by atoms with Crippen molar-refractivity contribution in [3.8, 4) is 0 Å². The van der Waals surface area contributed by atoms with E-state index in [9.17, 15) is 19.3 Å². The summed E-state index contributed by atoms with van der Waals surface area (Å²) in [5.74, 6) is -1.80. The number of nitrogen functional groups attached to an aromatic ring is 1. The molecule has 0 aliphatic rings. The summed E-state index contributed by atoms with van der Waals surface area (Å²) in [5.41, 5.74) is 4.54. The minimum atomic E-state index is -0.945. The van der Waals surface area contributed by atoms with Gasteiger partial charge in [0.2, 0.25) is 0 Å². The number of nitrogens with zero attached hydrogens (tertiary/aromatic N) is 2. The van der Waals surface area contributed by atoms with E-state index in [4.69, 9.17) is 10.2 Å². The van der Waals surface area contributed by atoms with Crippen molar-refractivity contribution in [1.82, 2.24) is 4.98 Å². The van der Waals surface area contributed by atoms with Gasteiger partial charge in [0.15, 0.2) is 0 Å². The molecule has 0 spiro atoms. The van der Waals surface area contributed by atoms with E-state index in [0.29, 0.717) is 11.8 Å². The molecule has 1 aromatic heterocycles. The van der Waals surface area contributed by atoms with Gasteiger partial charge in [0.25, 0.3) is 11.6 Å². The van der Waals surface area contributed by atoms with E-state index in [1.54, 1.807) is 6.92 Å². The molecule has 0 atom stereocenters. The average molecular weight is 280 g/mol. The molecular formula is C11H9FN4O4. The number of aryl methyl sites for hydroxylation is 1. The molecule has 9 heteroatoms. The van der Waals surface area contributed by atoms with Crippen LogP contribution in [0.25, 0.3) is 0 Å². The van der Waals surface area contributed by atoms with Gasteiger partial charge >= 0.3 is 6.01 Å². The summed E-state index contributed by atoms with van der Waals surface area (Å²) in [5, 5.41) is 12.9. The van der Waals surface area contributed by atoms with Crippen molar-refractivity contribution in [1.29, 1.82) is 0 Å². The van der Waals surface area contributed by atoms with E-state index in [1.165, 1.54) is 6.26 Å². The number of carbonyl (C=O) groups is 1. The van der Waals surface area contributed by atoms with E-state index in [0.717, 1.165) is 6.07 Å². The molecule has 104 valence electrons. The molecule has 0 radical (unpaired) electrons. The molecule has 0 bridgehead atoms. The maximum absolute atomic E-state index is 13.3. The Morgan fingerprint density at radius 3 is 2.80 bits per heavy atom. The first kappa shape index (κ1) is 13.5. The summed E-state index contributed by atoms with van der Waals surface area (Å²) < 4.78 is 18.2.